The van der Waals surface area contributed by atoms with Crippen LogP contribution in [0.2, 0.25) is 0 Å². The largest absolute Gasteiger partial charge is 0.336 e. The van der Waals surface area contributed by atoms with Gasteiger partial charge in [-0.2, -0.15) is 0 Å². The van der Waals surface area contributed by atoms with E-state index in [-0.39, 0.29) is 0 Å². The minimum atomic E-state index is 0.643. The van der Waals surface area contributed by atoms with Gasteiger partial charge >= 0.3 is 0 Å². The Morgan fingerprint density at radius 1 is 0.789 bits per heavy atom. The summed E-state index contributed by atoms with van der Waals surface area (Å²) in [7, 11) is 0. The van der Waals surface area contributed by atoms with Crippen LogP contribution >= 0.6 is 23.5 Å². The van der Waals surface area contributed by atoms with Gasteiger partial charge in [0, 0.05) is 24.3 Å². The molecule has 0 spiro atoms. The smallest absolute Gasteiger partial charge is 0.209 e. The third kappa shape index (κ3) is 2.50. The number of aryl methyl sites for hydroxylation is 2. The molecule has 1 aliphatic heterocycles. The van der Waals surface area contributed by atoms with Gasteiger partial charge in [0.2, 0.25) is 10.3 Å². The minimum absolute atomic E-state index is 0.643. The van der Waals surface area contributed by atoms with E-state index in [1.165, 1.54) is 0 Å². The number of nitrogens with two attached hydrogens (primary N) is 2. The molecule has 0 aliphatic carbocycles. The number of hydrogen-bond acceptors (Lipinski definition) is 8. The monoisotopic (exact) mass is 298 g/mol. The zero-order valence-corrected chi connectivity index (χ0v) is 11.8. The first kappa shape index (κ1) is 12.6. The highest BCUT2D eigenvalue weighted by molar-refractivity contribution is 8.00. The van der Waals surface area contributed by atoms with Crippen LogP contribution in [-0.4, -0.2) is 41.3 Å². The minimum Gasteiger partial charge on any atom is -0.336 e. The van der Waals surface area contributed by atoms with Crippen LogP contribution in [-0.2, 0) is 12.8 Å². The molecule has 1 aliphatic rings. The summed E-state index contributed by atoms with van der Waals surface area (Å²) in [5.74, 6) is 15.3. The lowest BCUT2D eigenvalue weighted by atomic mass is 10.3. The van der Waals surface area contributed by atoms with Crippen molar-refractivity contribution in [2.75, 3.05) is 23.2 Å². The summed E-state index contributed by atoms with van der Waals surface area (Å²) in [5, 5.41) is 17.9. The van der Waals surface area contributed by atoms with E-state index in [9.17, 15) is 0 Å². The number of nitrogens with zero attached hydrogens (tertiary/aromatic N) is 6. The second kappa shape index (κ2) is 5.29. The van der Waals surface area contributed by atoms with Gasteiger partial charge in [0.1, 0.15) is 0 Å². The van der Waals surface area contributed by atoms with Gasteiger partial charge < -0.3 is 11.7 Å². The fourth-order valence-corrected chi connectivity index (χ4v) is 3.57. The molecule has 3 rings (SSSR count). The molecule has 0 unspecified atom stereocenters. The second-order valence-electron chi connectivity index (χ2n) is 4.09. The second-order valence-corrected chi connectivity index (χ2v) is 6.21. The molecule has 0 radical (unpaired) electrons. The van der Waals surface area contributed by atoms with E-state index in [2.05, 4.69) is 20.4 Å². The van der Waals surface area contributed by atoms with E-state index in [4.69, 9.17) is 11.7 Å². The fraction of sp³-hybridized carbons (Fsp3) is 0.556. The molecule has 2 aromatic heterocycles. The van der Waals surface area contributed by atoms with E-state index >= 15 is 0 Å². The molecule has 3 heterocycles. The van der Waals surface area contributed by atoms with E-state index in [0.29, 0.717) is 12.8 Å². The molecule has 102 valence electrons. The highest BCUT2D eigenvalue weighted by Crippen LogP contribution is 2.21. The third-order valence-electron chi connectivity index (χ3n) is 2.79. The Labute approximate surface area is 118 Å². The van der Waals surface area contributed by atoms with Crippen molar-refractivity contribution in [3.63, 3.8) is 0 Å². The first-order chi connectivity index (χ1) is 9.25. The Morgan fingerprint density at radius 3 is 1.74 bits per heavy atom. The van der Waals surface area contributed by atoms with Crippen molar-refractivity contribution < 1.29 is 0 Å². The molecule has 0 aromatic carbocycles. The average molecular weight is 298 g/mol. The van der Waals surface area contributed by atoms with Gasteiger partial charge in [0.15, 0.2) is 11.6 Å². The standard InChI is InChI=1S/C9H14N8S2/c10-16-6-2-3-7-13-15-9(17(7)11)19-5-1-4-18-8(16)14-12-6/h1-5,10-11H2. The molecule has 0 fully saturated rings. The maximum absolute atomic E-state index is 5.97. The summed E-state index contributed by atoms with van der Waals surface area (Å²) in [6.45, 7) is 0. The molecule has 19 heavy (non-hydrogen) atoms. The predicted molar refractivity (Wildman–Crippen MR) is 73.8 cm³/mol. The van der Waals surface area contributed by atoms with Gasteiger partial charge in [0.05, 0.1) is 0 Å². The topological polar surface area (TPSA) is 113 Å². The number of fused-ring (bicyclic) bond motifs is 4. The molecule has 0 amide bonds. The van der Waals surface area contributed by atoms with E-state index in [0.717, 1.165) is 39.9 Å². The Kier molecular flexibility index (Phi) is 3.51. The number of nitrogen functional groups attached to an aromatic ring is 2. The van der Waals surface area contributed by atoms with Crippen molar-refractivity contribution in [1.29, 1.82) is 0 Å². The maximum Gasteiger partial charge on any atom is 0.209 e. The zero-order chi connectivity index (χ0) is 13.2. The number of thioether (sulfide) groups is 2. The highest BCUT2D eigenvalue weighted by Gasteiger charge is 2.15. The molecular weight excluding hydrogens is 284 g/mol. The molecule has 0 saturated heterocycles. The van der Waals surface area contributed by atoms with Crippen LogP contribution in [0.5, 0.6) is 0 Å². The van der Waals surface area contributed by atoms with Crippen molar-refractivity contribution >= 4 is 23.5 Å². The van der Waals surface area contributed by atoms with Crippen molar-refractivity contribution in [1.82, 2.24) is 29.7 Å². The van der Waals surface area contributed by atoms with Crippen LogP contribution in [0.25, 0.3) is 0 Å². The Morgan fingerprint density at radius 2 is 1.26 bits per heavy atom. The maximum atomic E-state index is 5.97. The Bertz CT molecular complexity index is 527. The first-order valence-electron chi connectivity index (χ1n) is 5.90. The van der Waals surface area contributed by atoms with Crippen LogP contribution in [0.15, 0.2) is 10.3 Å². The van der Waals surface area contributed by atoms with Gasteiger partial charge in [-0.3, -0.25) is 0 Å². The number of aromatic nitrogens is 6. The number of rotatable bonds is 0. The lowest BCUT2D eigenvalue weighted by molar-refractivity contribution is 0.719. The van der Waals surface area contributed by atoms with E-state index in [1.807, 2.05) is 0 Å². The summed E-state index contributed by atoms with van der Waals surface area (Å²) in [4.78, 5) is 0. The molecule has 4 N–H and O–H groups in total. The molecule has 4 bridgehead atoms. The van der Waals surface area contributed by atoms with E-state index in [1.54, 1.807) is 32.9 Å². The lowest BCUT2D eigenvalue weighted by Crippen LogP contribution is -2.17. The SMILES string of the molecule is Nn1c2nnc1SCCCSc1nnc(n1N)CC2. The van der Waals surface area contributed by atoms with Gasteiger partial charge in [-0.05, 0) is 6.42 Å². The van der Waals surface area contributed by atoms with Crippen molar-refractivity contribution in [2.45, 2.75) is 29.6 Å². The van der Waals surface area contributed by atoms with Crippen LogP contribution in [0.4, 0.5) is 0 Å². The van der Waals surface area contributed by atoms with Crippen LogP contribution in [0.1, 0.15) is 18.1 Å². The zero-order valence-electron chi connectivity index (χ0n) is 10.2. The summed E-state index contributed by atoms with van der Waals surface area (Å²) < 4.78 is 3.10. The first-order valence-corrected chi connectivity index (χ1v) is 7.87. The molecular formula is C9H14N8S2. The Hall–Kier alpha value is -1.42. The van der Waals surface area contributed by atoms with Gasteiger partial charge in [-0.15, -0.1) is 20.4 Å². The fourth-order valence-electron chi connectivity index (χ4n) is 1.76. The summed E-state index contributed by atoms with van der Waals surface area (Å²) in [6, 6.07) is 0. The number of hydrogen-bond donors (Lipinski definition) is 2. The predicted octanol–water partition coefficient (Wildman–Crippen LogP) is -0.330. The summed E-state index contributed by atoms with van der Waals surface area (Å²) in [6.07, 6.45) is 2.30. The van der Waals surface area contributed by atoms with Crippen LogP contribution in [0.3, 0.4) is 0 Å². The molecule has 8 nitrogen and oxygen atoms in total. The average Bonchev–Trinajstić information content (AvgIpc) is 2.92. The molecule has 0 saturated carbocycles. The summed E-state index contributed by atoms with van der Waals surface area (Å²) >= 11 is 3.24. The van der Waals surface area contributed by atoms with E-state index < -0.39 is 0 Å². The van der Waals surface area contributed by atoms with Crippen molar-refractivity contribution in [3.8, 4) is 0 Å². The van der Waals surface area contributed by atoms with Crippen LogP contribution in [0, 0.1) is 0 Å². The van der Waals surface area contributed by atoms with Crippen molar-refractivity contribution in [2.24, 2.45) is 0 Å². The van der Waals surface area contributed by atoms with Crippen molar-refractivity contribution in [3.05, 3.63) is 11.6 Å². The molecule has 2 aromatic rings. The third-order valence-corrected chi connectivity index (χ3v) is 4.85. The van der Waals surface area contributed by atoms with Gasteiger partial charge in [0.25, 0.3) is 0 Å². The Balaban J connectivity index is 1.88. The normalized spacial score (nSPS) is 16.4. The quantitative estimate of drug-likeness (QED) is 0.636. The van der Waals surface area contributed by atoms with Gasteiger partial charge in [-0.1, -0.05) is 23.5 Å². The molecule has 10 heteroatoms. The molecule has 0 atom stereocenters. The van der Waals surface area contributed by atoms with Crippen LogP contribution < -0.4 is 11.7 Å². The summed E-state index contributed by atoms with van der Waals surface area (Å²) in [5.41, 5.74) is 0. The lowest BCUT2D eigenvalue weighted by Gasteiger charge is -2.02. The highest BCUT2D eigenvalue weighted by atomic mass is 32.2. The van der Waals surface area contributed by atoms with Gasteiger partial charge in [-0.25, -0.2) is 9.35 Å².